The zero-order valence-electron chi connectivity index (χ0n) is 62.9. The lowest BCUT2D eigenvalue weighted by atomic mass is 9.80. The van der Waals surface area contributed by atoms with Crippen LogP contribution >= 0.6 is 148 Å². The largest absolute Gasteiger partial charge is 0.491 e. The average molecular weight is 1900 g/mol. The Morgan fingerprint density at radius 2 is 0.817 bits per heavy atom. The van der Waals surface area contributed by atoms with E-state index in [1.54, 1.807) is 65.8 Å². The Bertz CT molecular complexity index is 5140. The Labute approximate surface area is 734 Å². The molecule has 608 valence electrons. The number of halogens is 15. The summed E-state index contributed by atoms with van der Waals surface area (Å²) in [6.45, 7) is 25.5. The van der Waals surface area contributed by atoms with E-state index in [1.165, 1.54) is 139 Å². The fraction of sp³-hybridized carbons (Fsp3) is 0.309. The number of allylic oxidation sites excluding steroid dienone is 1. The third-order valence-electron chi connectivity index (χ3n) is 18.6. The van der Waals surface area contributed by atoms with Crippen molar-refractivity contribution in [3.63, 3.8) is 0 Å². The van der Waals surface area contributed by atoms with Gasteiger partial charge in [0.2, 0.25) is 11.1 Å². The van der Waals surface area contributed by atoms with Crippen molar-refractivity contribution in [3.8, 4) is 22.3 Å². The van der Waals surface area contributed by atoms with Gasteiger partial charge in [0.15, 0.2) is 0 Å². The van der Waals surface area contributed by atoms with Gasteiger partial charge in [-0.05, 0) is 182 Å². The van der Waals surface area contributed by atoms with Crippen molar-refractivity contribution in [2.75, 3.05) is 99.8 Å². The van der Waals surface area contributed by atoms with Gasteiger partial charge >= 0.3 is 7.12 Å². The third kappa shape index (κ3) is 25.5. The molecule has 34 heteroatoms. The highest BCUT2D eigenvalue weighted by molar-refractivity contribution is 9.11. The molecule has 15 rings (SSSR count). The minimum Gasteiger partial charge on any atom is -0.423 e. The quantitative estimate of drug-likeness (QED) is 0.0362. The van der Waals surface area contributed by atoms with E-state index in [-0.39, 0.29) is 22.2 Å². The molecule has 4 aliphatic rings. The molecule has 18 nitrogen and oxygen atoms in total. The van der Waals surface area contributed by atoms with Crippen molar-refractivity contribution in [2.45, 2.75) is 78.6 Å². The van der Waals surface area contributed by atoms with Crippen LogP contribution in [0.15, 0.2) is 157 Å². The molecular weight excluding hydrogens is 1820 g/mol. The summed E-state index contributed by atoms with van der Waals surface area (Å²) in [7, 11) is -1.72. The van der Waals surface area contributed by atoms with Crippen LogP contribution in [0, 0.1) is 17.5 Å². The predicted octanol–water partition coefficient (Wildman–Crippen LogP) is 21.9. The highest BCUT2D eigenvalue weighted by Gasteiger charge is 2.27. The maximum absolute atomic E-state index is 14.3. The minimum atomic E-state index is -1.72. The SMILES string of the molecule is C1CCNCC1.C=CC(=O)Cl.C=CC(=O)N1CCN(c2ncnc3c(Cl)c(-c4ccccc4F)c(Cl)cc23)CC1.CCN(CC)CC.Clc1cc2c(Cl)ncnc2c(Cl)c1Br.Clc1cc2c(N3CCCCC3)ncnc2c(Cl)c1Br.Fc1ccccc1-c1c(Cl)cc2c(N3CCCCC3)ncnc2c1Cl.OB(O)c1ccccc1F. The number of nitrogens with zero attached hydrogens (tertiary/aromatic N) is 13. The number of piperidine rings is 3. The van der Waals surface area contributed by atoms with Crippen LogP contribution in [0.3, 0.4) is 0 Å². The smallest absolute Gasteiger partial charge is 0.423 e. The van der Waals surface area contributed by atoms with Crippen molar-refractivity contribution in [2.24, 2.45) is 0 Å². The molecule has 1 amide bonds. The summed E-state index contributed by atoms with van der Waals surface area (Å²) in [5.41, 5.74) is 3.91. The van der Waals surface area contributed by atoms with Crippen LogP contribution in [-0.4, -0.2) is 163 Å². The lowest BCUT2D eigenvalue weighted by Crippen LogP contribution is -2.48. The minimum absolute atomic E-state index is 0.0854. The molecule has 4 fully saturated rings. The van der Waals surface area contributed by atoms with E-state index in [2.05, 4.69) is 131 Å². The van der Waals surface area contributed by atoms with Gasteiger partial charge in [-0.2, -0.15) is 0 Å². The van der Waals surface area contributed by atoms with E-state index in [9.17, 15) is 22.8 Å². The van der Waals surface area contributed by atoms with Crippen LogP contribution in [-0.2, 0) is 9.59 Å². The highest BCUT2D eigenvalue weighted by Crippen LogP contribution is 2.46. The van der Waals surface area contributed by atoms with Gasteiger partial charge in [-0.1, -0.05) is 199 Å². The number of rotatable bonds is 11. The standard InChI is InChI=1S/C21H17Cl2FN4O.C19H16Cl2FN3.C13H12BrCl2N3.C8H2BrCl3N2.C6H6BFO2.C6H15N.C5H11N.C3H3ClO/c1-2-17(29)27-7-9-28(10-8-27)21-14-11-15(22)18(13-5-3-4-6-16(13)24)19(23)20(14)25-12-26-21;20-14-10-13-18(17(21)16(14)12-6-2-3-7-15(12)22)23-11-24-19(13)25-8-4-1-5-9-25;14-10-9(15)6-8-12(11(10)16)17-7-18-13(8)19-4-2-1-3-5-19;9-5-4(10)1-3-7(6(5)11)13-2-14-8(3)12;8-6-4-2-1-3-5(6)7(9)10;1-4-7(5-2)6-3;1-2-4-6-5-3-1;1-2-3(4)5/h2-6,11-12H,1,7-10H2;2-3,6-7,10-11H,1,4-5,8-9H2;6-7H,1-5H2;1-2H;1-4,9-10H;4-6H2,1-3H3;6H,1-5H2;2H,1H2. The monoisotopic (exact) mass is 1890 g/mol. The van der Waals surface area contributed by atoms with E-state index >= 15 is 0 Å². The van der Waals surface area contributed by atoms with Gasteiger partial charge in [-0.15, -0.1) is 0 Å². The number of carbonyl (C=O) groups is 2. The first-order valence-electron chi connectivity index (χ1n) is 36.8. The Kier molecular flexibility index (Phi) is 38.7. The zero-order chi connectivity index (χ0) is 83.4. The number of nitrogens with one attached hydrogen (secondary N) is 1. The van der Waals surface area contributed by atoms with Crippen molar-refractivity contribution in [1.82, 2.24) is 55.0 Å². The maximum Gasteiger partial charge on any atom is 0.491 e. The normalized spacial score (nSPS) is 13.8. The van der Waals surface area contributed by atoms with Crippen LogP contribution in [0.1, 0.15) is 78.6 Å². The molecule has 4 aliphatic heterocycles. The van der Waals surface area contributed by atoms with Gasteiger partial charge in [0.25, 0.3) is 0 Å². The number of piperazine rings is 1. The van der Waals surface area contributed by atoms with Crippen molar-refractivity contribution < 1.29 is 32.8 Å². The summed E-state index contributed by atoms with van der Waals surface area (Å²) in [5, 5.41) is 26.6. The number of fused-ring (bicyclic) bond motifs is 4. The first-order chi connectivity index (χ1) is 55.3. The average Bonchev–Trinajstić information content (AvgIpc) is 0.757. The molecule has 8 heterocycles. The van der Waals surface area contributed by atoms with Crippen LogP contribution < -0.4 is 25.5 Å². The zero-order valence-corrected chi connectivity index (χ0v) is 73.7. The highest BCUT2D eigenvalue weighted by atomic mass is 79.9. The predicted molar refractivity (Wildman–Crippen MR) is 478 cm³/mol. The van der Waals surface area contributed by atoms with Crippen molar-refractivity contribution >= 4 is 233 Å². The van der Waals surface area contributed by atoms with Gasteiger partial charge in [-0.25, -0.2) is 53.0 Å². The number of aromatic nitrogens is 8. The summed E-state index contributed by atoms with van der Waals surface area (Å²) in [6, 6.07) is 25.4. The maximum atomic E-state index is 14.3. The fourth-order valence-electron chi connectivity index (χ4n) is 12.6. The second-order valence-electron chi connectivity index (χ2n) is 25.8. The van der Waals surface area contributed by atoms with Crippen molar-refractivity contribution in [3.05, 3.63) is 219 Å². The third-order valence-corrected chi connectivity index (χ3v) is 24.3. The summed E-state index contributed by atoms with van der Waals surface area (Å²) < 4.78 is 42.4. The molecule has 115 heavy (non-hydrogen) atoms. The van der Waals surface area contributed by atoms with Gasteiger partial charge in [0.1, 0.15) is 65.4 Å². The molecule has 0 saturated carbocycles. The molecule has 4 aromatic heterocycles. The van der Waals surface area contributed by atoms with E-state index in [1.807, 2.05) is 6.07 Å². The Morgan fingerprint density at radius 1 is 0.470 bits per heavy atom. The number of anilines is 3. The Hall–Kier alpha value is -6.53. The number of carbonyl (C=O) groups excluding carboxylic acids is 2. The molecule has 3 N–H and O–H groups in total. The lowest BCUT2D eigenvalue weighted by Gasteiger charge is -2.35. The molecule has 0 spiro atoms. The molecule has 0 bridgehead atoms. The van der Waals surface area contributed by atoms with Crippen LogP contribution in [0.25, 0.3) is 65.9 Å². The number of amides is 1. The number of hydrogen-bond acceptors (Lipinski definition) is 17. The molecular formula is C81H82BBr2Cl10F3N14O4. The number of hydrogen-bond donors (Lipinski definition) is 3. The summed E-state index contributed by atoms with van der Waals surface area (Å²) in [6.07, 6.45) is 19.6. The molecule has 0 aliphatic carbocycles. The molecule has 7 aromatic carbocycles. The second kappa shape index (κ2) is 47.3. The Balaban J connectivity index is 0.000000175. The lowest BCUT2D eigenvalue weighted by molar-refractivity contribution is -0.126. The van der Waals surface area contributed by atoms with E-state index in [0.717, 1.165) is 73.0 Å². The van der Waals surface area contributed by atoms with E-state index in [4.69, 9.17) is 126 Å². The summed E-state index contributed by atoms with van der Waals surface area (Å²) >= 11 is 67.9. The molecule has 4 saturated heterocycles. The summed E-state index contributed by atoms with van der Waals surface area (Å²) in [5.74, 6) is 0.999. The van der Waals surface area contributed by atoms with Crippen LogP contribution in [0.4, 0.5) is 30.6 Å². The Morgan fingerprint density at radius 3 is 1.16 bits per heavy atom. The second-order valence-corrected chi connectivity index (χ2v) is 31.3. The first-order valence-corrected chi connectivity index (χ1v) is 42.2. The van der Waals surface area contributed by atoms with Gasteiger partial charge in [0, 0.05) is 102 Å². The van der Waals surface area contributed by atoms with Gasteiger partial charge in [-0.3, -0.25) is 9.59 Å². The van der Waals surface area contributed by atoms with Crippen LogP contribution in [0.5, 0.6) is 0 Å². The molecule has 0 unspecified atom stereocenters. The van der Waals surface area contributed by atoms with Crippen molar-refractivity contribution in [1.29, 1.82) is 0 Å². The molecule has 11 aromatic rings. The number of benzene rings is 7. The first kappa shape index (κ1) is 94.0. The molecule has 0 atom stereocenters. The van der Waals surface area contributed by atoms with E-state index in [0.29, 0.717) is 131 Å². The van der Waals surface area contributed by atoms with Gasteiger partial charge < -0.3 is 39.9 Å². The summed E-state index contributed by atoms with van der Waals surface area (Å²) in [4.78, 5) is 66.1. The molecule has 0 radical (unpaired) electrons. The fourth-order valence-corrected chi connectivity index (χ4v) is 15.8. The van der Waals surface area contributed by atoms with Crippen LogP contribution in [0.2, 0.25) is 45.3 Å². The van der Waals surface area contributed by atoms with E-state index < -0.39 is 24.0 Å². The topological polar surface area (TPSA) is 206 Å². The van der Waals surface area contributed by atoms with Gasteiger partial charge in [0.05, 0.1) is 71.2 Å².